The zero-order valence-corrected chi connectivity index (χ0v) is 19.5. The van der Waals surface area contributed by atoms with E-state index in [1.165, 1.54) is 4.90 Å². The highest BCUT2D eigenvalue weighted by Gasteiger charge is 2.40. The van der Waals surface area contributed by atoms with Gasteiger partial charge in [-0.15, -0.1) is 6.42 Å². The smallest absolute Gasteiger partial charge is 0.322 e. The van der Waals surface area contributed by atoms with Crippen LogP contribution < -0.4 is 16.2 Å². The molecule has 8 nitrogen and oxygen atoms in total. The minimum absolute atomic E-state index is 0.101. The largest absolute Gasteiger partial charge is 0.380 e. The number of rotatable bonds is 5. The van der Waals surface area contributed by atoms with E-state index in [0.717, 1.165) is 0 Å². The molecule has 4 rings (SSSR count). The highest BCUT2D eigenvalue weighted by molar-refractivity contribution is 5.99. The number of urea groups is 1. The molecule has 2 aromatic carbocycles. The van der Waals surface area contributed by atoms with Crippen LogP contribution in [0.2, 0.25) is 0 Å². The molecule has 1 aromatic heterocycles. The summed E-state index contributed by atoms with van der Waals surface area (Å²) in [4.78, 5) is 39.9. The summed E-state index contributed by atoms with van der Waals surface area (Å²) in [5.74, 6) is 2.21. The molecule has 1 fully saturated rings. The number of terminal acetylenes is 1. The lowest BCUT2D eigenvalue weighted by molar-refractivity contribution is -0.119. The molecule has 1 saturated heterocycles. The Morgan fingerprint density at radius 3 is 2.34 bits per heavy atom. The molecule has 0 aliphatic carbocycles. The second-order valence-electron chi connectivity index (χ2n) is 8.32. The second-order valence-corrected chi connectivity index (χ2v) is 8.32. The van der Waals surface area contributed by atoms with Gasteiger partial charge in [0.05, 0.1) is 6.10 Å². The zero-order chi connectivity index (χ0) is 24.9. The standard InChI is InChI=1S/C27H26N4O4/c1-4-19-7-9-21(10-8-19)29-27(34)31-17-23(35-3)16-24(31)25(32)28-20-11-13-22(14-12-20)30-15-5-6-18(2)26(30)33/h1,5-15,23-24H,16-17H2,2-3H3,(H,28,32)(H,29,34)/t23-,24-/m1/s1. The van der Waals surface area contributed by atoms with Gasteiger partial charge in [-0.25, -0.2) is 4.79 Å². The molecule has 1 aliphatic rings. The number of ether oxygens (including phenoxy) is 1. The SMILES string of the molecule is C#Cc1ccc(NC(=O)N2C[C@H](OC)C[C@@H]2C(=O)Nc2ccc(-n3cccc(C)c3=O)cc2)cc1. The van der Waals surface area contributed by atoms with Gasteiger partial charge in [0.2, 0.25) is 5.91 Å². The van der Waals surface area contributed by atoms with E-state index in [1.807, 2.05) is 6.07 Å². The van der Waals surface area contributed by atoms with Gasteiger partial charge in [-0.1, -0.05) is 12.0 Å². The van der Waals surface area contributed by atoms with Gasteiger partial charge < -0.3 is 20.3 Å². The number of likely N-dealkylation sites (tertiary alicyclic amines) is 1. The van der Waals surface area contributed by atoms with Crippen molar-refractivity contribution in [2.45, 2.75) is 25.5 Å². The van der Waals surface area contributed by atoms with Crippen LogP contribution >= 0.6 is 0 Å². The maximum atomic E-state index is 13.1. The maximum absolute atomic E-state index is 13.1. The van der Waals surface area contributed by atoms with Gasteiger partial charge in [-0.2, -0.15) is 0 Å². The lowest BCUT2D eigenvalue weighted by Gasteiger charge is -2.24. The number of nitrogens with zero attached hydrogens (tertiary/aromatic N) is 2. The fourth-order valence-electron chi connectivity index (χ4n) is 4.02. The van der Waals surface area contributed by atoms with E-state index >= 15 is 0 Å². The summed E-state index contributed by atoms with van der Waals surface area (Å²) in [6.07, 6.45) is 7.20. The highest BCUT2D eigenvalue weighted by atomic mass is 16.5. The molecule has 0 spiro atoms. The summed E-state index contributed by atoms with van der Waals surface area (Å²) in [6.45, 7) is 2.05. The molecule has 2 atom stereocenters. The Labute approximate surface area is 203 Å². The molecule has 0 bridgehead atoms. The monoisotopic (exact) mass is 470 g/mol. The molecular weight excluding hydrogens is 444 g/mol. The summed E-state index contributed by atoms with van der Waals surface area (Å²) in [5.41, 5.74) is 3.08. The molecule has 2 heterocycles. The van der Waals surface area contributed by atoms with Crippen LogP contribution in [-0.4, -0.2) is 47.2 Å². The summed E-state index contributed by atoms with van der Waals surface area (Å²) in [5, 5.41) is 5.69. The first-order chi connectivity index (χ1) is 16.9. The third-order valence-corrected chi connectivity index (χ3v) is 6.01. The minimum Gasteiger partial charge on any atom is -0.380 e. The molecule has 0 unspecified atom stereocenters. The number of hydrogen-bond acceptors (Lipinski definition) is 4. The molecule has 0 saturated carbocycles. The van der Waals surface area contributed by atoms with E-state index < -0.39 is 12.1 Å². The Bertz CT molecular complexity index is 1320. The van der Waals surface area contributed by atoms with Crippen molar-refractivity contribution in [3.05, 3.63) is 88.3 Å². The molecule has 2 N–H and O–H groups in total. The zero-order valence-electron chi connectivity index (χ0n) is 19.5. The van der Waals surface area contributed by atoms with Crippen molar-refractivity contribution in [3.63, 3.8) is 0 Å². The molecule has 3 amide bonds. The average Bonchev–Trinajstić information content (AvgIpc) is 3.32. The summed E-state index contributed by atoms with van der Waals surface area (Å²) >= 11 is 0. The van der Waals surface area contributed by atoms with Crippen LogP contribution in [0, 0.1) is 19.3 Å². The maximum Gasteiger partial charge on any atom is 0.322 e. The van der Waals surface area contributed by atoms with Crippen LogP contribution in [0.1, 0.15) is 17.5 Å². The number of carbonyl (C=O) groups is 2. The van der Waals surface area contributed by atoms with Gasteiger partial charge in [-0.05, 0) is 61.5 Å². The van der Waals surface area contributed by atoms with E-state index in [0.29, 0.717) is 34.6 Å². The van der Waals surface area contributed by atoms with Gasteiger partial charge in [0.1, 0.15) is 6.04 Å². The van der Waals surface area contributed by atoms with E-state index in [-0.39, 0.29) is 24.1 Å². The van der Waals surface area contributed by atoms with Gasteiger partial charge in [0.25, 0.3) is 5.56 Å². The first-order valence-electron chi connectivity index (χ1n) is 11.2. The van der Waals surface area contributed by atoms with Crippen LogP contribution in [0.5, 0.6) is 0 Å². The highest BCUT2D eigenvalue weighted by Crippen LogP contribution is 2.23. The Balaban J connectivity index is 1.46. The van der Waals surface area contributed by atoms with Crippen molar-refractivity contribution in [2.75, 3.05) is 24.3 Å². The Morgan fingerprint density at radius 1 is 1.03 bits per heavy atom. The lowest BCUT2D eigenvalue weighted by Crippen LogP contribution is -2.45. The summed E-state index contributed by atoms with van der Waals surface area (Å²) < 4.78 is 6.98. The van der Waals surface area contributed by atoms with Gasteiger partial charge >= 0.3 is 6.03 Å². The normalized spacial score (nSPS) is 17.0. The van der Waals surface area contributed by atoms with Crippen molar-refractivity contribution < 1.29 is 14.3 Å². The van der Waals surface area contributed by atoms with Gasteiger partial charge in [0.15, 0.2) is 0 Å². The number of amides is 3. The Morgan fingerprint density at radius 2 is 1.69 bits per heavy atom. The number of aromatic nitrogens is 1. The van der Waals surface area contributed by atoms with Gasteiger partial charge in [0, 0.05) is 54.5 Å². The topological polar surface area (TPSA) is 92.7 Å². The van der Waals surface area contributed by atoms with Crippen molar-refractivity contribution in [1.29, 1.82) is 0 Å². The van der Waals surface area contributed by atoms with E-state index in [4.69, 9.17) is 11.2 Å². The molecule has 8 heteroatoms. The number of methoxy groups -OCH3 is 1. The minimum atomic E-state index is -0.705. The predicted molar refractivity (Wildman–Crippen MR) is 135 cm³/mol. The average molecular weight is 471 g/mol. The molecule has 0 radical (unpaired) electrons. The summed E-state index contributed by atoms with van der Waals surface area (Å²) in [7, 11) is 1.56. The predicted octanol–water partition coefficient (Wildman–Crippen LogP) is 3.39. The third kappa shape index (κ3) is 5.26. The molecule has 35 heavy (non-hydrogen) atoms. The molecule has 3 aromatic rings. The third-order valence-electron chi connectivity index (χ3n) is 6.01. The van der Waals surface area contributed by atoms with Crippen molar-refractivity contribution in [3.8, 4) is 18.0 Å². The number of pyridine rings is 1. The quantitative estimate of drug-likeness (QED) is 0.559. The molecular formula is C27H26N4O4. The van der Waals surface area contributed by atoms with Gasteiger partial charge in [-0.3, -0.25) is 14.2 Å². The molecule has 178 valence electrons. The van der Waals surface area contributed by atoms with Crippen molar-refractivity contribution >= 4 is 23.3 Å². The van der Waals surface area contributed by atoms with E-state index in [1.54, 1.807) is 79.4 Å². The molecule has 1 aliphatic heterocycles. The van der Waals surface area contributed by atoms with E-state index in [9.17, 15) is 14.4 Å². The first kappa shape index (κ1) is 23.8. The van der Waals surface area contributed by atoms with Crippen molar-refractivity contribution in [1.82, 2.24) is 9.47 Å². The van der Waals surface area contributed by atoms with Crippen LogP contribution in [0.15, 0.2) is 71.7 Å². The number of carbonyl (C=O) groups excluding carboxylic acids is 2. The van der Waals surface area contributed by atoms with Crippen LogP contribution in [0.25, 0.3) is 5.69 Å². The number of anilines is 2. The fourth-order valence-corrected chi connectivity index (χ4v) is 4.02. The number of nitrogens with one attached hydrogen (secondary N) is 2. The van der Waals surface area contributed by atoms with Crippen LogP contribution in [0.4, 0.5) is 16.2 Å². The van der Waals surface area contributed by atoms with Crippen LogP contribution in [-0.2, 0) is 9.53 Å². The Kier molecular flexibility index (Phi) is 6.99. The second kappa shape index (κ2) is 10.3. The lowest BCUT2D eigenvalue weighted by atomic mass is 10.1. The number of hydrogen-bond donors (Lipinski definition) is 2. The van der Waals surface area contributed by atoms with Crippen LogP contribution in [0.3, 0.4) is 0 Å². The number of benzene rings is 2. The Hall–Kier alpha value is -4.35. The fraction of sp³-hybridized carbons (Fsp3) is 0.222. The van der Waals surface area contributed by atoms with Crippen molar-refractivity contribution in [2.24, 2.45) is 0 Å². The first-order valence-corrected chi connectivity index (χ1v) is 11.2. The van der Waals surface area contributed by atoms with E-state index in [2.05, 4.69) is 16.6 Å². The summed E-state index contributed by atoms with van der Waals surface area (Å²) in [6, 6.07) is 16.3. The number of aryl methyl sites for hydroxylation is 1.